The van der Waals surface area contributed by atoms with Gasteiger partial charge in [0.1, 0.15) is 70.3 Å². The molecule has 16 nitrogen and oxygen atoms in total. The summed E-state index contributed by atoms with van der Waals surface area (Å²) in [4.78, 5) is 23.4. The molecule has 2 aliphatic heterocycles. The standard InChI is InChI=1S/C46H44Br2O9.C40H38O7.I2.HI/c1-6-45(56-25-24-55-44(50)29(3)48)37-15-11-10-14-33(37)40-35-26-38(51-4)39(52-5)27-36(35)42-34(41(40)45)20-21-46(57-42,30-12-8-7-9-13-30)31-16-18-32(19-17-31)53-22-23-54-43(49)28(2)47;1-4-39(46-23-21-42)33-13-9-8-12-29(33)36-31-24-34(43-2)35(44-3)25-32(31)38-30(37(36)39)18-19-40(47-38,26-10-6-5-7-11-26)27-14-16-28(17-15-27)45-22-20-41;1-2;/h7-21,26-29H,6,22-25H2,1-5H3;5-19,24-25,41-42H,4,20-23H2,1-3H3;;1H. The predicted octanol–water partition coefficient (Wildman–Crippen LogP) is 19.5. The van der Waals surface area contributed by atoms with Crippen LogP contribution in [-0.2, 0) is 50.9 Å². The maximum Gasteiger partial charge on any atom is 0.319 e. The fourth-order valence-electron chi connectivity index (χ4n) is 15.1. The summed E-state index contributed by atoms with van der Waals surface area (Å²) in [7, 11) is 6.54. The van der Waals surface area contributed by atoms with Crippen LogP contribution in [0, 0.1) is 0 Å². The molecule has 107 heavy (non-hydrogen) atoms. The monoisotopic (exact) mass is 1910 g/mol. The van der Waals surface area contributed by atoms with Crippen LogP contribution in [0.4, 0.5) is 0 Å². The SMILES string of the molecule is CCC1(OCCO)c2ccccc2-c2c1c1c(c3cc(OC)c(OC)cc23)OC(c2ccccc2)(c2ccc(OCCO)cc2)C=C1.CCC1(OCCOC(=O)C(C)Br)c2ccccc2-c2c1c1c(c3cc(OC)c(OC)cc23)OC(c2ccccc2)(c2ccc(OCCOC(=O)C(C)Br)cc2)C=C1.I.II. The average Bonchev–Trinajstić information content (AvgIpc) is 1.56. The van der Waals surface area contributed by atoms with Gasteiger partial charge in [0.15, 0.2) is 34.2 Å². The number of hydrogen-bond acceptors (Lipinski definition) is 16. The van der Waals surface area contributed by atoms with E-state index in [0.29, 0.717) is 58.8 Å². The second kappa shape index (κ2) is 35.5. The van der Waals surface area contributed by atoms with Gasteiger partial charge in [-0.25, -0.2) is 0 Å². The molecule has 0 radical (unpaired) electrons. The quantitative estimate of drug-likeness (QED) is 0.0225. The highest BCUT2D eigenvalue weighted by Gasteiger charge is 2.51. The molecule has 2 heterocycles. The first-order chi connectivity index (χ1) is 51.6. The highest BCUT2D eigenvalue weighted by atomic mass is 128. The van der Waals surface area contributed by atoms with E-state index < -0.39 is 27.2 Å². The van der Waals surface area contributed by atoms with E-state index in [2.05, 4.69) is 156 Å². The number of esters is 2. The van der Waals surface area contributed by atoms with Crippen molar-refractivity contribution in [3.05, 3.63) is 250 Å². The van der Waals surface area contributed by atoms with Crippen LogP contribution in [0.1, 0.15) is 96.2 Å². The molecule has 0 saturated heterocycles. The molecule has 10 aromatic rings. The van der Waals surface area contributed by atoms with Gasteiger partial charge in [-0.3, -0.25) is 9.59 Å². The van der Waals surface area contributed by atoms with Gasteiger partial charge in [-0.1, -0.05) is 191 Å². The second-order valence-electron chi connectivity index (χ2n) is 25.5. The van der Waals surface area contributed by atoms with Crippen LogP contribution in [0.15, 0.2) is 194 Å². The fraction of sp³-hybridized carbons (Fsp3) is 0.279. The van der Waals surface area contributed by atoms with E-state index in [1.54, 1.807) is 42.3 Å². The van der Waals surface area contributed by atoms with Crippen molar-refractivity contribution < 1.29 is 76.6 Å². The largest absolute Gasteiger partial charge is 0.493 e. The molecular formula is C86H83Br2I3O16. The Labute approximate surface area is 680 Å². The van der Waals surface area contributed by atoms with E-state index in [1.807, 2.05) is 133 Å². The summed E-state index contributed by atoms with van der Waals surface area (Å²) in [5.41, 5.74) is 9.99. The number of ether oxygens (including phenoxy) is 12. The van der Waals surface area contributed by atoms with E-state index in [0.717, 1.165) is 99.4 Å². The maximum absolute atomic E-state index is 12.4. The topological polar surface area (TPSA) is 185 Å². The van der Waals surface area contributed by atoms with Crippen LogP contribution in [0.3, 0.4) is 0 Å². The number of halogens is 5. The van der Waals surface area contributed by atoms with Crippen molar-refractivity contribution in [2.45, 2.75) is 72.6 Å². The summed E-state index contributed by atoms with van der Waals surface area (Å²) in [5.74, 6) is 4.33. The molecule has 0 bridgehead atoms. The third-order valence-electron chi connectivity index (χ3n) is 19.9. The summed E-state index contributed by atoms with van der Waals surface area (Å²) in [5, 5.41) is 22.8. The van der Waals surface area contributed by atoms with Gasteiger partial charge in [0.25, 0.3) is 0 Å². The van der Waals surface area contributed by atoms with Gasteiger partial charge in [0.2, 0.25) is 0 Å². The summed E-state index contributed by atoms with van der Waals surface area (Å²) < 4.78 is 74.4. The van der Waals surface area contributed by atoms with E-state index >= 15 is 0 Å². The minimum atomic E-state index is -1.05. The molecule has 0 spiro atoms. The molecule has 10 aromatic carbocycles. The van der Waals surface area contributed by atoms with Gasteiger partial charge in [-0.2, -0.15) is 0 Å². The normalized spacial score (nSPS) is 18.4. The highest BCUT2D eigenvalue weighted by molar-refractivity contribution is 15.0. The Bertz CT molecular complexity index is 4890. The van der Waals surface area contributed by atoms with Crippen LogP contribution in [0.25, 0.3) is 56.0 Å². The minimum Gasteiger partial charge on any atom is -0.493 e. The molecule has 0 aromatic heterocycles. The number of carbonyl (C=O) groups excluding carboxylic acids is 2. The zero-order chi connectivity index (χ0) is 74.9. The Morgan fingerprint density at radius 1 is 0.449 bits per heavy atom. The zero-order valence-corrected chi connectivity index (χ0v) is 70.2. The van der Waals surface area contributed by atoms with Crippen LogP contribution < -0.4 is 37.9 Å². The van der Waals surface area contributed by atoms with E-state index in [-0.39, 0.29) is 93.6 Å². The smallest absolute Gasteiger partial charge is 0.319 e. The van der Waals surface area contributed by atoms with E-state index in [9.17, 15) is 19.8 Å². The van der Waals surface area contributed by atoms with E-state index in [4.69, 9.17) is 56.8 Å². The first kappa shape index (κ1) is 80.5. The molecule has 6 atom stereocenters. The lowest BCUT2D eigenvalue weighted by Gasteiger charge is -2.39. The maximum atomic E-state index is 12.4. The second-order valence-corrected chi connectivity index (χ2v) is 28.2. The van der Waals surface area contributed by atoms with Gasteiger partial charge >= 0.3 is 11.9 Å². The van der Waals surface area contributed by atoms with Crippen LogP contribution in [0.5, 0.6) is 46.0 Å². The molecule has 0 amide bonds. The van der Waals surface area contributed by atoms with Gasteiger partial charge in [-0.15, -0.1) is 24.0 Å². The molecule has 2 aliphatic carbocycles. The lowest BCUT2D eigenvalue weighted by Crippen LogP contribution is -2.36. The average molecular weight is 1910 g/mol. The van der Waals surface area contributed by atoms with E-state index in [1.165, 1.54) is 0 Å². The number of alkyl halides is 2. The number of hydrogen-bond donors (Lipinski definition) is 2. The van der Waals surface area contributed by atoms with Crippen molar-refractivity contribution >= 4 is 139 Å². The number of carbonyl (C=O) groups is 2. The lowest BCUT2D eigenvalue weighted by atomic mass is 9.79. The van der Waals surface area contributed by atoms with Gasteiger partial charge in [0.05, 0.1) is 54.9 Å². The molecule has 6 unspecified atom stereocenters. The number of rotatable bonds is 26. The molecule has 2 N–H and O–H groups in total. The number of fused-ring (bicyclic) bond motifs is 16. The minimum absolute atomic E-state index is 0. The van der Waals surface area contributed by atoms with Crippen LogP contribution in [0.2, 0.25) is 0 Å². The van der Waals surface area contributed by atoms with Crippen LogP contribution in [-0.4, -0.2) is 113 Å². The Morgan fingerprint density at radius 2 is 0.794 bits per heavy atom. The first-order valence-corrected chi connectivity index (χ1v) is 43.1. The molecule has 4 aliphatic rings. The Morgan fingerprint density at radius 3 is 1.17 bits per heavy atom. The van der Waals surface area contributed by atoms with Gasteiger partial charge < -0.3 is 67.1 Å². The molecule has 0 saturated carbocycles. The number of aliphatic hydroxyl groups excluding tert-OH is 2. The zero-order valence-electron chi connectivity index (χ0n) is 60.4. The highest BCUT2D eigenvalue weighted by Crippen LogP contribution is 2.63. The van der Waals surface area contributed by atoms with Gasteiger partial charge in [-0.05, 0) is 132 Å². The van der Waals surface area contributed by atoms with Crippen LogP contribution >= 0.6 is 93.1 Å². The Kier molecular flexibility index (Phi) is 26.7. The number of aliphatic hydroxyl groups is 2. The summed E-state index contributed by atoms with van der Waals surface area (Å²) in [6.45, 7) is 8.55. The van der Waals surface area contributed by atoms with Crippen molar-refractivity contribution in [2.75, 3.05) is 81.3 Å². The van der Waals surface area contributed by atoms with Crippen molar-refractivity contribution in [3.8, 4) is 68.2 Å². The Hall–Kier alpha value is -7.47. The summed E-state index contributed by atoms with van der Waals surface area (Å²) >= 11 is 10.8. The summed E-state index contributed by atoms with van der Waals surface area (Å²) in [6, 6.07) is 60.5. The number of methoxy groups -OCH3 is 4. The first-order valence-electron chi connectivity index (χ1n) is 34.9. The molecule has 21 heteroatoms. The van der Waals surface area contributed by atoms with Gasteiger partial charge in [0, 0.05) is 92.5 Å². The Balaban J connectivity index is 0.000000210. The number of benzene rings is 10. The van der Waals surface area contributed by atoms with Crippen molar-refractivity contribution in [1.82, 2.24) is 0 Å². The summed E-state index contributed by atoms with van der Waals surface area (Å²) in [6.07, 6.45) is 9.79. The van der Waals surface area contributed by atoms with Crippen molar-refractivity contribution in [3.63, 3.8) is 0 Å². The molecule has 558 valence electrons. The molecule has 0 fully saturated rings. The van der Waals surface area contributed by atoms with Crippen molar-refractivity contribution in [1.29, 1.82) is 0 Å². The molecule has 14 rings (SSSR count). The van der Waals surface area contributed by atoms with Crippen molar-refractivity contribution in [2.24, 2.45) is 0 Å². The lowest BCUT2D eigenvalue weighted by molar-refractivity contribution is -0.146. The predicted molar refractivity (Wildman–Crippen MR) is 453 cm³/mol. The fourth-order valence-corrected chi connectivity index (χ4v) is 15.4. The molecular weight excluding hydrogens is 1830 g/mol. The third kappa shape index (κ3) is 15.1. The third-order valence-corrected chi connectivity index (χ3v) is 20.6.